The van der Waals surface area contributed by atoms with E-state index < -0.39 is 21.7 Å². The lowest BCUT2D eigenvalue weighted by Gasteiger charge is -2.10. The first-order valence-corrected chi connectivity index (χ1v) is 11.1. The van der Waals surface area contributed by atoms with Crippen molar-refractivity contribution >= 4 is 54.8 Å². The molecule has 0 aliphatic carbocycles. The van der Waals surface area contributed by atoms with Gasteiger partial charge in [-0.05, 0) is 66.7 Å². The van der Waals surface area contributed by atoms with Gasteiger partial charge in [0.05, 0.1) is 10.6 Å². The highest BCUT2D eigenvalue weighted by molar-refractivity contribution is 9.10. The number of amides is 1. The van der Waals surface area contributed by atoms with Crippen molar-refractivity contribution in [1.82, 2.24) is 0 Å². The van der Waals surface area contributed by atoms with Crippen LogP contribution in [-0.4, -0.2) is 20.9 Å². The maximum atomic E-state index is 13.8. The number of benzene rings is 3. The Kier molecular flexibility index (Phi) is 6.96. The molecule has 0 bridgehead atoms. The van der Waals surface area contributed by atoms with Gasteiger partial charge in [0, 0.05) is 15.2 Å². The Labute approximate surface area is 186 Å². The van der Waals surface area contributed by atoms with Crippen LogP contribution in [0.5, 0.6) is 5.75 Å². The molecule has 0 spiro atoms. The van der Waals surface area contributed by atoms with E-state index in [0.29, 0.717) is 15.2 Å². The number of anilines is 2. The monoisotopic (exact) mass is 512 g/mol. The highest BCUT2D eigenvalue weighted by Gasteiger charge is 2.15. The molecule has 0 heterocycles. The summed E-state index contributed by atoms with van der Waals surface area (Å²) in [6.07, 6.45) is 0. The second-order valence-corrected chi connectivity index (χ2v) is 9.08. The number of carbonyl (C=O) groups excluding carboxylic acids is 1. The first-order chi connectivity index (χ1) is 14.2. The van der Waals surface area contributed by atoms with Crippen molar-refractivity contribution in [2.24, 2.45) is 0 Å². The van der Waals surface area contributed by atoms with E-state index in [0.717, 1.165) is 0 Å². The fourth-order valence-electron chi connectivity index (χ4n) is 2.37. The fraction of sp³-hybridized carbons (Fsp3) is 0.0500. The zero-order valence-electron chi connectivity index (χ0n) is 15.2. The molecule has 3 aromatic rings. The first-order valence-electron chi connectivity index (χ1n) is 8.49. The van der Waals surface area contributed by atoms with Crippen molar-refractivity contribution in [3.8, 4) is 5.75 Å². The molecule has 0 fully saturated rings. The summed E-state index contributed by atoms with van der Waals surface area (Å²) in [5, 5.41) is 2.89. The summed E-state index contributed by atoms with van der Waals surface area (Å²) >= 11 is 8.92. The van der Waals surface area contributed by atoms with E-state index in [-0.39, 0.29) is 22.9 Å². The lowest BCUT2D eigenvalue weighted by Crippen LogP contribution is -2.20. The molecule has 6 nitrogen and oxygen atoms in total. The number of nitrogens with one attached hydrogen (secondary N) is 2. The van der Waals surface area contributed by atoms with Gasteiger partial charge in [-0.15, -0.1) is 0 Å². The Hall–Kier alpha value is -2.62. The number of carbonyl (C=O) groups is 1. The normalized spacial score (nSPS) is 11.0. The van der Waals surface area contributed by atoms with Crippen LogP contribution >= 0.6 is 27.5 Å². The lowest BCUT2D eigenvalue weighted by molar-refractivity contribution is -0.118. The van der Waals surface area contributed by atoms with Gasteiger partial charge in [-0.1, -0.05) is 27.5 Å². The molecule has 0 saturated carbocycles. The van der Waals surface area contributed by atoms with Crippen LogP contribution in [0, 0.1) is 5.82 Å². The number of halogens is 3. The third-order valence-corrected chi connectivity index (χ3v) is 5.95. The number of sulfonamides is 1. The van der Waals surface area contributed by atoms with Crippen molar-refractivity contribution in [3.63, 3.8) is 0 Å². The third-order valence-electron chi connectivity index (χ3n) is 3.81. The van der Waals surface area contributed by atoms with Gasteiger partial charge in [-0.3, -0.25) is 9.52 Å². The molecule has 0 aliphatic rings. The number of hydrogen-bond donors (Lipinski definition) is 2. The smallest absolute Gasteiger partial charge is 0.262 e. The van der Waals surface area contributed by atoms with Gasteiger partial charge >= 0.3 is 0 Å². The summed E-state index contributed by atoms with van der Waals surface area (Å²) in [7, 11) is -3.80. The third kappa shape index (κ3) is 5.94. The molecule has 0 aromatic heterocycles. The second kappa shape index (κ2) is 9.46. The lowest BCUT2D eigenvalue weighted by atomic mass is 10.3. The summed E-state index contributed by atoms with van der Waals surface area (Å²) < 4.78 is 46.9. The van der Waals surface area contributed by atoms with E-state index in [4.69, 9.17) is 16.3 Å². The summed E-state index contributed by atoms with van der Waals surface area (Å²) in [4.78, 5) is 12.0. The molecule has 0 radical (unpaired) electrons. The Morgan fingerprint density at radius 3 is 2.33 bits per heavy atom. The van der Waals surface area contributed by atoms with E-state index in [1.54, 1.807) is 30.3 Å². The largest absolute Gasteiger partial charge is 0.484 e. The molecular formula is C20H15BrClFN2O4S. The predicted molar refractivity (Wildman–Crippen MR) is 117 cm³/mol. The molecule has 0 saturated heterocycles. The van der Waals surface area contributed by atoms with E-state index in [2.05, 4.69) is 26.0 Å². The SMILES string of the molecule is O=C(COc1ccc(S(=O)(=O)Nc2ccc(Cl)cc2)cc1)Nc1ccc(Br)cc1F. The van der Waals surface area contributed by atoms with Crippen LogP contribution in [0.15, 0.2) is 76.1 Å². The van der Waals surface area contributed by atoms with Gasteiger partial charge in [-0.25, -0.2) is 12.8 Å². The molecular weight excluding hydrogens is 499 g/mol. The molecule has 10 heteroatoms. The molecule has 0 atom stereocenters. The van der Waals surface area contributed by atoms with Crippen LogP contribution < -0.4 is 14.8 Å². The second-order valence-electron chi connectivity index (χ2n) is 6.04. The summed E-state index contributed by atoms with van der Waals surface area (Å²) in [5.41, 5.74) is 0.401. The highest BCUT2D eigenvalue weighted by atomic mass is 79.9. The van der Waals surface area contributed by atoms with E-state index in [9.17, 15) is 17.6 Å². The number of ether oxygens (including phenoxy) is 1. The van der Waals surface area contributed by atoms with Crippen molar-refractivity contribution in [1.29, 1.82) is 0 Å². The van der Waals surface area contributed by atoms with Crippen LogP contribution in [0.4, 0.5) is 15.8 Å². The van der Waals surface area contributed by atoms with E-state index >= 15 is 0 Å². The molecule has 3 rings (SSSR count). The zero-order valence-corrected chi connectivity index (χ0v) is 18.4. The summed E-state index contributed by atoms with van der Waals surface area (Å²) in [5.74, 6) is -0.857. The minimum absolute atomic E-state index is 0.0196. The van der Waals surface area contributed by atoms with Crippen LogP contribution in [0.3, 0.4) is 0 Å². The topological polar surface area (TPSA) is 84.5 Å². The molecule has 1 amide bonds. The minimum Gasteiger partial charge on any atom is -0.484 e. The first kappa shape index (κ1) is 22.1. The fourth-order valence-corrected chi connectivity index (χ4v) is 3.89. The molecule has 156 valence electrons. The molecule has 2 N–H and O–H groups in total. The Balaban J connectivity index is 1.58. The Morgan fingerprint density at radius 1 is 1.03 bits per heavy atom. The quantitative estimate of drug-likeness (QED) is 0.462. The predicted octanol–water partition coefficient (Wildman–Crippen LogP) is 5.06. The maximum Gasteiger partial charge on any atom is 0.262 e. The Morgan fingerprint density at radius 2 is 1.70 bits per heavy atom. The van der Waals surface area contributed by atoms with Crippen molar-refractivity contribution in [2.75, 3.05) is 16.6 Å². The average Bonchev–Trinajstić information content (AvgIpc) is 2.70. The number of hydrogen-bond acceptors (Lipinski definition) is 4. The molecule has 0 aliphatic heterocycles. The summed E-state index contributed by atoms with van der Waals surface area (Å²) in [6, 6.07) is 16.0. The van der Waals surface area contributed by atoms with Gasteiger partial charge in [0.15, 0.2) is 6.61 Å². The van der Waals surface area contributed by atoms with Crippen molar-refractivity contribution in [3.05, 3.63) is 82.0 Å². The standard InChI is InChI=1S/C20H15BrClFN2O4S/c21-13-1-10-19(18(23)11-13)24-20(26)12-29-16-6-8-17(9-7-16)30(27,28)25-15-4-2-14(22)3-5-15/h1-11,25H,12H2,(H,24,26). The molecule has 30 heavy (non-hydrogen) atoms. The van der Waals surface area contributed by atoms with Crippen LogP contribution in [0.1, 0.15) is 0 Å². The van der Waals surface area contributed by atoms with Gasteiger partial charge in [-0.2, -0.15) is 0 Å². The van der Waals surface area contributed by atoms with Crippen LogP contribution in [0.25, 0.3) is 0 Å². The zero-order chi connectivity index (χ0) is 21.7. The Bertz CT molecular complexity index is 1160. The van der Waals surface area contributed by atoms with E-state index in [1.807, 2.05) is 0 Å². The highest BCUT2D eigenvalue weighted by Crippen LogP contribution is 2.21. The van der Waals surface area contributed by atoms with Gasteiger partial charge in [0.25, 0.3) is 15.9 Å². The maximum absolute atomic E-state index is 13.8. The minimum atomic E-state index is -3.80. The van der Waals surface area contributed by atoms with Gasteiger partial charge in [0.2, 0.25) is 0 Å². The van der Waals surface area contributed by atoms with Crippen LogP contribution in [-0.2, 0) is 14.8 Å². The molecule has 0 unspecified atom stereocenters. The van der Waals surface area contributed by atoms with Crippen molar-refractivity contribution < 1.29 is 22.3 Å². The average molecular weight is 514 g/mol. The van der Waals surface area contributed by atoms with Gasteiger partial charge in [0.1, 0.15) is 11.6 Å². The van der Waals surface area contributed by atoms with Crippen LogP contribution in [0.2, 0.25) is 5.02 Å². The van der Waals surface area contributed by atoms with Crippen molar-refractivity contribution in [2.45, 2.75) is 4.90 Å². The summed E-state index contributed by atoms with van der Waals surface area (Å²) in [6.45, 7) is -0.370. The molecule has 3 aromatic carbocycles. The van der Waals surface area contributed by atoms with E-state index in [1.165, 1.54) is 36.4 Å². The van der Waals surface area contributed by atoms with Gasteiger partial charge < -0.3 is 10.1 Å². The number of rotatable bonds is 7.